The maximum Gasteiger partial charge on any atom is 0.0772 e. The standard InChI is InChI=1S/C13H18O2S/c1-9(14)11-5-3-4-6-13(11)16-12-7-8-15-10(12)2/h3-6,9-10,12,14H,7-8H2,1-2H3/t9-,10?,12?/m1/s1. The number of hydrogen-bond donors (Lipinski definition) is 1. The van der Waals surface area contributed by atoms with E-state index in [1.807, 2.05) is 36.9 Å². The van der Waals surface area contributed by atoms with E-state index in [2.05, 4.69) is 13.0 Å². The van der Waals surface area contributed by atoms with Gasteiger partial charge in [-0.15, -0.1) is 11.8 Å². The lowest BCUT2D eigenvalue weighted by Crippen LogP contribution is -2.13. The Morgan fingerprint density at radius 1 is 1.44 bits per heavy atom. The molecule has 0 amide bonds. The van der Waals surface area contributed by atoms with Gasteiger partial charge in [0.25, 0.3) is 0 Å². The summed E-state index contributed by atoms with van der Waals surface area (Å²) in [6, 6.07) is 8.07. The molecule has 16 heavy (non-hydrogen) atoms. The van der Waals surface area contributed by atoms with Gasteiger partial charge in [0.15, 0.2) is 0 Å². The Balaban J connectivity index is 2.14. The van der Waals surface area contributed by atoms with Crippen molar-refractivity contribution in [3.63, 3.8) is 0 Å². The quantitative estimate of drug-likeness (QED) is 0.877. The molecule has 1 saturated heterocycles. The van der Waals surface area contributed by atoms with Crippen molar-refractivity contribution in [1.82, 2.24) is 0 Å². The third kappa shape index (κ3) is 2.59. The zero-order valence-corrected chi connectivity index (χ0v) is 10.5. The summed E-state index contributed by atoms with van der Waals surface area (Å²) in [5.41, 5.74) is 1.02. The van der Waals surface area contributed by atoms with Gasteiger partial charge in [-0.25, -0.2) is 0 Å². The molecule has 0 saturated carbocycles. The fourth-order valence-corrected chi connectivity index (χ4v) is 3.31. The molecule has 1 N–H and O–H groups in total. The first-order valence-electron chi connectivity index (χ1n) is 5.73. The van der Waals surface area contributed by atoms with Gasteiger partial charge in [0, 0.05) is 16.8 Å². The number of ether oxygens (including phenoxy) is 1. The van der Waals surface area contributed by atoms with Crippen LogP contribution in [0.1, 0.15) is 31.9 Å². The Kier molecular flexibility index (Phi) is 3.90. The number of aliphatic hydroxyl groups is 1. The van der Waals surface area contributed by atoms with Gasteiger partial charge < -0.3 is 9.84 Å². The van der Waals surface area contributed by atoms with Crippen LogP contribution in [0.5, 0.6) is 0 Å². The second-order valence-corrected chi connectivity index (χ2v) is 5.52. The highest BCUT2D eigenvalue weighted by Crippen LogP contribution is 2.36. The largest absolute Gasteiger partial charge is 0.389 e. The van der Waals surface area contributed by atoms with Crippen LogP contribution in [0.25, 0.3) is 0 Å². The van der Waals surface area contributed by atoms with Crippen molar-refractivity contribution in [2.45, 2.75) is 42.6 Å². The number of thioether (sulfide) groups is 1. The molecule has 3 heteroatoms. The van der Waals surface area contributed by atoms with Gasteiger partial charge in [-0.2, -0.15) is 0 Å². The summed E-state index contributed by atoms with van der Waals surface area (Å²) >= 11 is 1.83. The van der Waals surface area contributed by atoms with E-state index in [4.69, 9.17) is 4.74 Å². The van der Waals surface area contributed by atoms with Gasteiger partial charge in [0.05, 0.1) is 12.2 Å². The van der Waals surface area contributed by atoms with Crippen LogP contribution in [0.2, 0.25) is 0 Å². The van der Waals surface area contributed by atoms with Crippen LogP contribution in [-0.4, -0.2) is 23.1 Å². The van der Waals surface area contributed by atoms with Gasteiger partial charge in [-0.1, -0.05) is 18.2 Å². The maximum atomic E-state index is 9.70. The number of rotatable bonds is 3. The van der Waals surface area contributed by atoms with E-state index in [9.17, 15) is 5.11 Å². The molecule has 1 aliphatic heterocycles. The zero-order valence-electron chi connectivity index (χ0n) is 9.72. The summed E-state index contributed by atoms with van der Waals surface area (Å²) in [6.07, 6.45) is 1.01. The van der Waals surface area contributed by atoms with Crippen LogP contribution < -0.4 is 0 Å². The normalized spacial score (nSPS) is 26.9. The van der Waals surface area contributed by atoms with Crippen LogP contribution in [0.3, 0.4) is 0 Å². The zero-order chi connectivity index (χ0) is 11.5. The molecule has 0 bridgehead atoms. The van der Waals surface area contributed by atoms with E-state index in [-0.39, 0.29) is 0 Å². The third-order valence-corrected chi connectivity index (χ3v) is 4.50. The molecule has 0 aliphatic carbocycles. The predicted molar refractivity (Wildman–Crippen MR) is 66.8 cm³/mol. The molecule has 2 nitrogen and oxygen atoms in total. The Labute approximate surface area is 101 Å². The molecule has 1 heterocycles. The summed E-state index contributed by atoms with van der Waals surface area (Å²) in [5, 5.41) is 10.2. The number of hydrogen-bond acceptors (Lipinski definition) is 3. The molecule has 88 valence electrons. The van der Waals surface area contributed by atoms with E-state index in [1.165, 1.54) is 4.90 Å². The SMILES string of the molecule is CC1OCCC1Sc1ccccc1[C@@H](C)O. The first-order valence-corrected chi connectivity index (χ1v) is 6.61. The summed E-state index contributed by atoms with van der Waals surface area (Å²) in [4.78, 5) is 1.18. The second-order valence-electron chi connectivity index (χ2n) is 4.23. The number of aliphatic hydroxyl groups excluding tert-OH is 1. The highest BCUT2D eigenvalue weighted by Gasteiger charge is 2.26. The molecule has 2 rings (SSSR count). The van der Waals surface area contributed by atoms with E-state index < -0.39 is 6.10 Å². The third-order valence-electron chi connectivity index (χ3n) is 2.95. The van der Waals surface area contributed by atoms with Crippen molar-refractivity contribution in [2.75, 3.05) is 6.61 Å². The van der Waals surface area contributed by atoms with Crippen molar-refractivity contribution < 1.29 is 9.84 Å². The molecule has 1 aromatic carbocycles. The molecule has 1 fully saturated rings. The van der Waals surface area contributed by atoms with Gasteiger partial charge in [-0.05, 0) is 31.9 Å². The van der Waals surface area contributed by atoms with Crippen molar-refractivity contribution in [3.8, 4) is 0 Å². The highest BCUT2D eigenvalue weighted by atomic mass is 32.2. The minimum absolute atomic E-state index is 0.312. The van der Waals surface area contributed by atoms with Gasteiger partial charge in [0.1, 0.15) is 0 Å². The fourth-order valence-electron chi connectivity index (χ4n) is 1.96. The average molecular weight is 238 g/mol. The lowest BCUT2D eigenvalue weighted by atomic mass is 10.1. The van der Waals surface area contributed by atoms with Crippen LogP contribution >= 0.6 is 11.8 Å². The summed E-state index contributed by atoms with van der Waals surface area (Å²) in [6.45, 7) is 4.79. The molecule has 1 aromatic rings. The van der Waals surface area contributed by atoms with E-state index in [1.54, 1.807) is 0 Å². The fraction of sp³-hybridized carbons (Fsp3) is 0.538. The first kappa shape index (κ1) is 12.0. The van der Waals surface area contributed by atoms with Crippen molar-refractivity contribution >= 4 is 11.8 Å². The van der Waals surface area contributed by atoms with E-state index in [0.717, 1.165) is 18.6 Å². The van der Waals surface area contributed by atoms with Crippen LogP contribution in [0.15, 0.2) is 29.2 Å². The monoisotopic (exact) mass is 238 g/mol. The van der Waals surface area contributed by atoms with Crippen LogP contribution in [-0.2, 0) is 4.74 Å². The molecule has 2 unspecified atom stereocenters. The lowest BCUT2D eigenvalue weighted by Gasteiger charge is -2.17. The molecular weight excluding hydrogens is 220 g/mol. The first-order chi connectivity index (χ1) is 7.68. The molecular formula is C13H18O2S. The minimum atomic E-state index is -0.402. The second kappa shape index (κ2) is 5.21. The van der Waals surface area contributed by atoms with Gasteiger partial charge in [-0.3, -0.25) is 0 Å². The molecule has 1 aliphatic rings. The molecule has 0 aromatic heterocycles. The minimum Gasteiger partial charge on any atom is -0.389 e. The smallest absolute Gasteiger partial charge is 0.0772 e. The Bertz CT molecular complexity index is 352. The van der Waals surface area contributed by atoms with E-state index in [0.29, 0.717) is 11.4 Å². The molecule has 3 atom stereocenters. The average Bonchev–Trinajstić information content (AvgIpc) is 2.65. The topological polar surface area (TPSA) is 29.5 Å². The summed E-state index contributed by atoms with van der Waals surface area (Å²) < 4.78 is 5.55. The number of benzene rings is 1. The van der Waals surface area contributed by atoms with Gasteiger partial charge >= 0.3 is 0 Å². The summed E-state index contributed by atoms with van der Waals surface area (Å²) in [5.74, 6) is 0. The van der Waals surface area contributed by atoms with E-state index >= 15 is 0 Å². The Morgan fingerprint density at radius 2 is 2.19 bits per heavy atom. The van der Waals surface area contributed by atoms with Crippen LogP contribution in [0, 0.1) is 0 Å². The van der Waals surface area contributed by atoms with Crippen molar-refractivity contribution in [3.05, 3.63) is 29.8 Å². The molecule has 0 spiro atoms. The Hall–Kier alpha value is -0.510. The van der Waals surface area contributed by atoms with Crippen molar-refractivity contribution in [1.29, 1.82) is 0 Å². The maximum absolute atomic E-state index is 9.70. The summed E-state index contributed by atoms with van der Waals surface area (Å²) in [7, 11) is 0. The van der Waals surface area contributed by atoms with Crippen LogP contribution in [0.4, 0.5) is 0 Å². The Morgan fingerprint density at radius 3 is 2.81 bits per heavy atom. The highest BCUT2D eigenvalue weighted by molar-refractivity contribution is 8.00. The van der Waals surface area contributed by atoms with Gasteiger partial charge in [0.2, 0.25) is 0 Å². The lowest BCUT2D eigenvalue weighted by molar-refractivity contribution is 0.127. The predicted octanol–water partition coefficient (Wildman–Crippen LogP) is 3.01. The van der Waals surface area contributed by atoms with Crippen molar-refractivity contribution in [2.24, 2.45) is 0 Å². The molecule has 0 radical (unpaired) electrons.